The summed E-state index contributed by atoms with van der Waals surface area (Å²) in [4.78, 5) is 26.5. The largest absolute Gasteiger partial charge is 0.454 e. The molecule has 6 heteroatoms. The Labute approximate surface area is 152 Å². The molecule has 1 aliphatic heterocycles. The van der Waals surface area contributed by atoms with Crippen LogP contribution in [0.2, 0.25) is 0 Å². The number of carbonyl (C=O) groups excluding carboxylic acids is 2. The summed E-state index contributed by atoms with van der Waals surface area (Å²) in [6, 6.07) is 12.9. The molecule has 0 bridgehead atoms. The number of nitrogens with zero attached hydrogens (tertiary/aromatic N) is 1. The highest BCUT2D eigenvalue weighted by Gasteiger charge is 2.18. The van der Waals surface area contributed by atoms with Gasteiger partial charge in [0.05, 0.1) is 6.54 Å². The van der Waals surface area contributed by atoms with E-state index in [1.54, 1.807) is 23.1 Å². The molecule has 0 spiro atoms. The Morgan fingerprint density at radius 1 is 1.12 bits per heavy atom. The van der Waals surface area contributed by atoms with Gasteiger partial charge in [0.15, 0.2) is 11.5 Å². The summed E-state index contributed by atoms with van der Waals surface area (Å²) >= 11 is 0. The zero-order valence-corrected chi connectivity index (χ0v) is 15.0. The second-order valence-electron chi connectivity index (χ2n) is 6.09. The van der Waals surface area contributed by atoms with Crippen LogP contribution in [0.1, 0.15) is 28.4 Å². The fourth-order valence-corrected chi connectivity index (χ4v) is 2.78. The van der Waals surface area contributed by atoms with Gasteiger partial charge in [-0.1, -0.05) is 24.3 Å². The molecular formula is C20H22N2O4. The number of carbonyl (C=O) groups is 2. The number of amides is 2. The minimum Gasteiger partial charge on any atom is -0.454 e. The molecular weight excluding hydrogens is 332 g/mol. The summed E-state index contributed by atoms with van der Waals surface area (Å²) < 4.78 is 10.5. The second kappa shape index (κ2) is 7.91. The van der Waals surface area contributed by atoms with Crippen molar-refractivity contribution in [2.24, 2.45) is 0 Å². The van der Waals surface area contributed by atoms with Gasteiger partial charge in [-0.15, -0.1) is 0 Å². The standard InChI is InChI=1S/C20H22N2O4/c1-3-22(12-16-7-5-4-6-14(16)2)19(23)11-21-20(24)15-8-9-17-18(10-15)26-13-25-17/h4-10H,3,11-13H2,1-2H3,(H,21,24). The SMILES string of the molecule is CCN(Cc1ccccc1C)C(=O)CNC(=O)c1ccc2c(c1)OCO2. The van der Waals surface area contributed by atoms with Crippen LogP contribution < -0.4 is 14.8 Å². The molecule has 0 unspecified atom stereocenters. The number of hydrogen-bond donors (Lipinski definition) is 1. The van der Waals surface area contributed by atoms with Crippen molar-refractivity contribution in [1.29, 1.82) is 0 Å². The molecule has 2 amide bonds. The topological polar surface area (TPSA) is 67.9 Å². The number of benzene rings is 2. The average molecular weight is 354 g/mol. The maximum atomic E-state index is 12.5. The smallest absolute Gasteiger partial charge is 0.251 e. The van der Waals surface area contributed by atoms with Gasteiger partial charge in [0.25, 0.3) is 5.91 Å². The van der Waals surface area contributed by atoms with Gasteiger partial charge >= 0.3 is 0 Å². The second-order valence-corrected chi connectivity index (χ2v) is 6.09. The number of aryl methyl sites for hydroxylation is 1. The van der Waals surface area contributed by atoms with Crippen LogP contribution in [-0.2, 0) is 11.3 Å². The minimum absolute atomic E-state index is 0.0486. The lowest BCUT2D eigenvalue weighted by atomic mass is 10.1. The number of fused-ring (bicyclic) bond motifs is 1. The molecule has 1 heterocycles. The van der Waals surface area contributed by atoms with Gasteiger partial charge in [0.2, 0.25) is 12.7 Å². The van der Waals surface area contributed by atoms with E-state index in [1.165, 1.54) is 0 Å². The fourth-order valence-electron chi connectivity index (χ4n) is 2.78. The van der Waals surface area contributed by atoms with Gasteiger partial charge in [-0.25, -0.2) is 0 Å². The molecule has 0 fully saturated rings. The van der Waals surface area contributed by atoms with Crippen molar-refractivity contribution >= 4 is 11.8 Å². The summed E-state index contributed by atoms with van der Waals surface area (Å²) in [5.41, 5.74) is 2.68. The van der Waals surface area contributed by atoms with E-state index in [4.69, 9.17) is 9.47 Å². The predicted octanol–water partition coefficient (Wildman–Crippen LogP) is 2.50. The zero-order valence-electron chi connectivity index (χ0n) is 15.0. The van der Waals surface area contributed by atoms with Crippen molar-refractivity contribution in [3.05, 3.63) is 59.2 Å². The highest BCUT2D eigenvalue weighted by atomic mass is 16.7. The first-order valence-electron chi connectivity index (χ1n) is 8.58. The summed E-state index contributed by atoms with van der Waals surface area (Å²) in [5, 5.41) is 2.68. The quantitative estimate of drug-likeness (QED) is 0.865. The van der Waals surface area contributed by atoms with Gasteiger partial charge in [-0.3, -0.25) is 9.59 Å². The molecule has 0 atom stereocenters. The first-order chi connectivity index (χ1) is 12.6. The molecule has 0 saturated heterocycles. The third-order valence-corrected chi connectivity index (χ3v) is 4.39. The third-order valence-electron chi connectivity index (χ3n) is 4.39. The van der Waals surface area contributed by atoms with Crippen molar-refractivity contribution in [3.63, 3.8) is 0 Å². The van der Waals surface area contributed by atoms with E-state index < -0.39 is 0 Å². The van der Waals surface area contributed by atoms with Crippen molar-refractivity contribution in [2.75, 3.05) is 19.9 Å². The van der Waals surface area contributed by atoms with Crippen LogP contribution in [0.5, 0.6) is 11.5 Å². The molecule has 3 rings (SSSR count). The van der Waals surface area contributed by atoms with Gasteiger partial charge in [0.1, 0.15) is 0 Å². The monoisotopic (exact) mass is 354 g/mol. The Bertz CT molecular complexity index is 819. The van der Waals surface area contributed by atoms with Crippen LogP contribution in [0.25, 0.3) is 0 Å². The fraction of sp³-hybridized carbons (Fsp3) is 0.300. The van der Waals surface area contributed by atoms with Gasteiger partial charge in [-0.2, -0.15) is 0 Å². The van der Waals surface area contributed by atoms with E-state index in [1.807, 2.05) is 38.1 Å². The van der Waals surface area contributed by atoms with Crippen molar-refractivity contribution in [2.45, 2.75) is 20.4 Å². The Morgan fingerprint density at radius 3 is 2.65 bits per heavy atom. The van der Waals surface area contributed by atoms with E-state index in [0.29, 0.717) is 30.2 Å². The molecule has 1 aliphatic rings. The van der Waals surface area contributed by atoms with Crippen LogP contribution >= 0.6 is 0 Å². The molecule has 0 aromatic heterocycles. The molecule has 6 nitrogen and oxygen atoms in total. The van der Waals surface area contributed by atoms with Crippen LogP contribution in [0, 0.1) is 6.92 Å². The zero-order chi connectivity index (χ0) is 18.5. The van der Waals surface area contributed by atoms with Gasteiger partial charge < -0.3 is 19.7 Å². The maximum Gasteiger partial charge on any atom is 0.251 e. The molecule has 136 valence electrons. The van der Waals surface area contributed by atoms with Crippen LogP contribution in [-0.4, -0.2) is 36.6 Å². The highest BCUT2D eigenvalue weighted by Crippen LogP contribution is 2.32. The number of rotatable bonds is 6. The van der Waals surface area contributed by atoms with Gasteiger partial charge in [-0.05, 0) is 43.2 Å². The molecule has 2 aromatic carbocycles. The molecule has 0 saturated carbocycles. The molecule has 1 N–H and O–H groups in total. The van der Waals surface area contributed by atoms with Crippen LogP contribution in [0.4, 0.5) is 0 Å². The molecule has 0 radical (unpaired) electrons. The maximum absolute atomic E-state index is 12.5. The van der Waals surface area contributed by atoms with E-state index in [9.17, 15) is 9.59 Å². The lowest BCUT2D eigenvalue weighted by Gasteiger charge is -2.22. The van der Waals surface area contributed by atoms with E-state index in [0.717, 1.165) is 11.1 Å². The number of nitrogens with one attached hydrogen (secondary N) is 1. The first-order valence-corrected chi connectivity index (χ1v) is 8.58. The Balaban J connectivity index is 1.58. The molecule has 0 aliphatic carbocycles. The molecule has 26 heavy (non-hydrogen) atoms. The van der Waals surface area contributed by atoms with Crippen molar-refractivity contribution in [3.8, 4) is 11.5 Å². The number of hydrogen-bond acceptors (Lipinski definition) is 4. The Hall–Kier alpha value is -3.02. The van der Waals surface area contributed by atoms with E-state index >= 15 is 0 Å². The third kappa shape index (κ3) is 3.96. The lowest BCUT2D eigenvalue weighted by Crippen LogP contribution is -2.39. The minimum atomic E-state index is -0.316. The van der Waals surface area contributed by atoms with E-state index in [-0.39, 0.29) is 25.2 Å². The number of likely N-dealkylation sites (N-methyl/N-ethyl adjacent to an activating group) is 1. The van der Waals surface area contributed by atoms with E-state index in [2.05, 4.69) is 5.32 Å². The summed E-state index contributed by atoms with van der Waals surface area (Å²) in [6.07, 6.45) is 0. The predicted molar refractivity (Wildman–Crippen MR) is 97.2 cm³/mol. The number of ether oxygens (including phenoxy) is 2. The van der Waals surface area contributed by atoms with Gasteiger partial charge in [0, 0.05) is 18.7 Å². The van der Waals surface area contributed by atoms with Crippen molar-refractivity contribution in [1.82, 2.24) is 10.2 Å². The highest BCUT2D eigenvalue weighted by molar-refractivity contribution is 5.97. The average Bonchev–Trinajstić information content (AvgIpc) is 3.13. The Kier molecular flexibility index (Phi) is 5.41. The summed E-state index contributed by atoms with van der Waals surface area (Å²) in [7, 11) is 0. The first kappa shape index (κ1) is 17.8. The lowest BCUT2D eigenvalue weighted by molar-refractivity contribution is -0.130. The van der Waals surface area contributed by atoms with Crippen LogP contribution in [0.3, 0.4) is 0 Å². The normalized spacial score (nSPS) is 11.9. The Morgan fingerprint density at radius 2 is 1.88 bits per heavy atom. The summed E-state index contributed by atoms with van der Waals surface area (Å²) in [5.74, 6) is 0.722. The van der Waals surface area contributed by atoms with Crippen molar-refractivity contribution < 1.29 is 19.1 Å². The summed E-state index contributed by atoms with van der Waals surface area (Å²) in [6.45, 7) is 5.16. The van der Waals surface area contributed by atoms with Crippen LogP contribution in [0.15, 0.2) is 42.5 Å². The molecule has 2 aromatic rings.